The van der Waals surface area contributed by atoms with E-state index in [-0.39, 0.29) is 0 Å². The van der Waals surface area contributed by atoms with Crippen molar-refractivity contribution in [2.45, 2.75) is 32.9 Å². The van der Waals surface area contributed by atoms with Gasteiger partial charge in [-0.15, -0.1) is 0 Å². The molecule has 1 unspecified atom stereocenters. The number of hydrogen-bond donors (Lipinski definition) is 1. The minimum atomic E-state index is -0.594. The Morgan fingerprint density at radius 1 is 1.24 bits per heavy atom. The zero-order chi connectivity index (χ0) is 12.4. The second-order valence-corrected chi connectivity index (χ2v) is 4.61. The van der Waals surface area contributed by atoms with E-state index in [2.05, 4.69) is 18.9 Å². The average Bonchev–Trinajstić information content (AvgIpc) is 2.78. The first kappa shape index (κ1) is 11.9. The zero-order valence-electron chi connectivity index (χ0n) is 10.5. The van der Waals surface area contributed by atoms with Crippen molar-refractivity contribution in [2.75, 3.05) is 0 Å². The van der Waals surface area contributed by atoms with Crippen LogP contribution in [0.2, 0.25) is 0 Å². The van der Waals surface area contributed by atoms with E-state index in [1.165, 1.54) is 0 Å². The van der Waals surface area contributed by atoms with Crippen molar-refractivity contribution in [1.82, 2.24) is 9.78 Å². The maximum atomic E-state index is 10.3. The Morgan fingerprint density at radius 3 is 2.53 bits per heavy atom. The van der Waals surface area contributed by atoms with Crippen molar-refractivity contribution < 1.29 is 5.11 Å². The highest BCUT2D eigenvalue weighted by molar-refractivity contribution is 5.33. The van der Waals surface area contributed by atoms with Crippen LogP contribution in [0.3, 0.4) is 0 Å². The lowest BCUT2D eigenvalue weighted by atomic mass is 10.00. The van der Waals surface area contributed by atoms with Gasteiger partial charge in [0.05, 0.1) is 6.20 Å². The highest BCUT2D eigenvalue weighted by Crippen LogP contribution is 2.24. The van der Waals surface area contributed by atoms with Gasteiger partial charge in [0.1, 0.15) is 6.10 Å². The lowest BCUT2D eigenvalue weighted by molar-refractivity contribution is 0.219. The fourth-order valence-corrected chi connectivity index (χ4v) is 1.85. The van der Waals surface area contributed by atoms with Crippen LogP contribution < -0.4 is 0 Å². The van der Waals surface area contributed by atoms with Crippen molar-refractivity contribution in [3.63, 3.8) is 0 Å². The van der Waals surface area contributed by atoms with Crippen molar-refractivity contribution >= 4 is 0 Å². The Hall–Kier alpha value is -1.61. The number of aromatic nitrogens is 2. The molecule has 0 aliphatic heterocycles. The molecule has 0 amide bonds. The van der Waals surface area contributed by atoms with E-state index in [1.807, 2.05) is 42.1 Å². The van der Waals surface area contributed by atoms with Gasteiger partial charge < -0.3 is 5.11 Å². The summed E-state index contributed by atoms with van der Waals surface area (Å²) >= 11 is 0. The average molecular weight is 230 g/mol. The molecule has 1 aromatic heterocycles. The Balaban J connectivity index is 2.31. The van der Waals surface area contributed by atoms with E-state index in [1.54, 1.807) is 6.20 Å². The van der Waals surface area contributed by atoms with Gasteiger partial charge >= 0.3 is 0 Å². The van der Waals surface area contributed by atoms with Gasteiger partial charge in [0.15, 0.2) is 0 Å². The van der Waals surface area contributed by atoms with E-state index >= 15 is 0 Å². The summed E-state index contributed by atoms with van der Waals surface area (Å²) in [5, 5.41) is 14.6. The van der Waals surface area contributed by atoms with Crippen molar-refractivity contribution in [3.8, 4) is 0 Å². The fraction of sp³-hybridized carbons (Fsp3) is 0.357. The molecule has 90 valence electrons. The predicted molar refractivity (Wildman–Crippen MR) is 67.9 cm³/mol. The topological polar surface area (TPSA) is 38.1 Å². The van der Waals surface area contributed by atoms with Gasteiger partial charge in [-0.05, 0) is 31.9 Å². The molecule has 0 radical (unpaired) electrons. The molecule has 0 spiro atoms. The number of benzene rings is 1. The number of aliphatic hydroxyl groups is 1. The first-order valence-corrected chi connectivity index (χ1v) is 5.87. The van der Waals surface area contributed by atoms with Gasteiger partial charge in [0.2, 0.25) is 0 Å². The maximum Gasteiger partial charge on any atom is 0.107 e. The van der Waals surface area contributed by atoms with Crippen LogP contribution in [0.15, 0.2) is 36.7 Å². The van der Waals surface area contributed by atoms with Gasteiger partial charge in [-0.2, -0.15) is 5.10 Å². The van der Waals surface area contributed by atoms with Crippen LogP contribution in [-0.2, 0) is 0 Å². The first-order valence-electron chi connectivity index (χ1n) is 5.87. The van der Waals surface area contributed by atoms with Crippen LogP contribution in [0.25, 0.3) is 0 Å². The summed E-state index contributed by atoms with van der Waals surface area (Å²) in [4.78, 5) is 0. The standard InChI is InChI=1S/C14H18N2O/c1-10(2)16-9-12(8-15-16)14(17)13-7-5-4-6-11(13)3/h4-10,14,17H,1-3H3. The number of nitrogens with zero attached hydrogens (tertiary/aromatic N) is 2. The van der Waals surface area contributed by atoms with Crippen molar-refractivity contribution in [3.05, 3.63) is 53.3 Å². The Bertz CT molecular complexity index is 502. The molecule has 0 saturated carbocycles. The number of aliphatic hydroxyl groups excluding tert-OH is 1. The van der Waals surface area contributed by atoms with Crippen LogP contribution in [0.1, 0.15) is 42.7 Å². The van der Waals surface area contributed by atoms with Crippen LogP contribution >= 0.6 is 0 Å². The second kappa shape index (κ2) is 4.72. The molecule has 0 fully saturated rings. The molecule has 0 aliphatic rings. The van der Waals surface area contributed by atoms with Gasteiger partial charge in [0, 0.05) is 17.8 Å². The summed E-state index contributed by atoms with van der Waals surface area (Å²) in [7, 11) is 0. The SMILES string of the molecule is Cc1ccccc1C(O)c1cnn(C(C)C)c1. The third kappa shape index (κ3) is 2.39. The summed E-state index contributed by atoms with van der Waals surface area (Å²) < 4.78 is 1.86. The number of aryl methyl sites for hydroxylation is 1. The molecule has 1 aromatic carbocycles. The lowest BCUT2D eigenvalue weighted by Gasteiger charge is -2.11. The number of hydrogen-bond acceptors (Lipinski definition) is 2. The second-order valence-electron chi connectivity index (χ2n) is 4.61. The van der Waals surface area contributed by atoms with E-state index in [0.29, 0.717) is 6.04 Å². The highest BCUT2D eigenvalue weighted by Gasteiger charge is 2.14. The molecule has 3 heteroatoms. The summed E-state index contributed by atoms with van der Waals surface area (Å²) in [6, 6.07) is 8.19. The third-order valence-electron chi connectivity index (χ3n) is 2.95. The van der Waals surface area contributed by atoms with Crippen molar-refractivity contribution in [1.29, 1.82) is 0 Å². The monoisotopic (exact) mass is 230 g/mol. The molecular weight excluding hydrogens is 212 g/mol. The molecule has 2 aromatic rings. The molecule has 2 rings (SSSR count). The summed E-state index contributed by atoms with van der Waals surface area (Å²) in [6.45, 7) is 6.14. The summed E-state index contributed by atoms with van der Waals surface area (Å²) in [5.74, 6) is 0. The van der Waals surface area contributed by atoms with Crippen LogP contribution in [0.4, 0.5) is 0 Å². The molecule has 1 atom stereocenters. The molecule has 0 saturated heterocycles. The van der Waals surface area contributed by atoms with E-state index in [0.717, 1.165) is 16.7 Å². The smallest absolute Gasteiger partial charge is 0.107 e. The Kier molecular flexibility index (Phi) is 3.29. The minimum absolute atomic E-state index is 0.313. The third-order valence-corrected chi connectivity index (χ3v) is 2.95. The molecule has 3 nitrogen and oxygen atoms in total. The lowest BCUT2D eigenvalue weighted by Crippen LogP contribution is -2.02. The maximum absolute atomic E-state index is 10.3. The summed E-state index contributed by atoms with van der Waals surface area (Å²) in [5.41, 5.74) is 2.88. The van der Waals surface area contributed by atoms with Gasteiger partial charge in [-0.25, -0.2) is 0 Å². The zero-order valence-corrected chi connectivity index (χ0v) is 10.5. The largest absolute Gasteiger partial charge is 0.384 e. The summed E-state index contributed by atoms with van der Waals surface area (Å²) in [6.07, 6.45) is 3.04. The molecule has 0 bridgehead atoms. The molecule has 1 heterocycles. The van der Waals surface area contributed by atoms with E-state index in [9.17, 15) is 5.11 Å². The first-order chi connectivity index (χ1) is 8.09. The molecular formula is C14H18N2O. The van der Waals surface area contributed by atoms with Gasteiger partial charge in [0.25, 0.3) is 0 Å². The minimum Gasteiger partial charge on any atom is -0.384 e. The quantitative estimate of drug-likeness (QED) is 0.880. The van der Waals surface area contributed by atoms with E-state index < -0.39 is 6.10 Å². The van der Waals surface area contributed by atoms with E-state index in [4.69, 9.17) is 0 Å². The Labute approximate surface area is 102 Å². The highest BCUT2D eigenvalue weighted by atomic mass is 16.3. The van der Waals surface area contributed by atoms with Gasteiger partial charge in [-0.1, -0.05) is 24.3 Å². The molecule has 1 N–H and O–H groups in total. The van der Waals surface area contributed by atoms with Crippen LogP contribution in [0.5, 0.6) is 0 Å². The van der Waals surface area contributed by atoms with Crippen LogP contribution in [-0.4, -0.2) is 14.9 Å². The van der Waals surface area contributed by atoms with Crippen molar-refractivity contribution in [2.24, 2.45) is 0 Å². The van der Waals surface area contributed by atoms with Crippen LogP contribution in [0, 0.1) is 6.92 Å². The molecule has 0 aliphatic carbocycles. The fourth-order valence-electron chi connectivity index (χ4n) is 1.85. The predicted octanol–water partition coefficient (Wildman–Crippen LogP) is 2.85. The van der Waals surface area contributed by atoms with Gasteiger partial charge in [-0.3, -0.25) is 4.68 Å². The number of rotatable bonds is 3. The Morgan fingerprint density at radius 2 is 1.94 bits per heavy atom. The normalized spacial score (nSPS) is 13.0. The molecule has 17 heavy (non-hydrogen) atoms.